The van der Waals surface area contributed by atoms with Crippen LogP contribution in [0, 0.1) is 0 Å². The van der Waals surface area contributed by atoms with Gasteiger partial charge in [0.05, 0.1) is 10.6 Å². The Kier molecular flexibility index (Phi) is 5.65. The van der Waals surface area contributed by atoms with Crippen molar-refractivity contribution in [1.82, 2.24) is 20.1 Å². The third-order valence-corrected chi connectivity index (χ3v) is 5.85. The number of benzene rings is 2. The molecular formula is C24H22ClN5O. The first-order chi connectivity index (χ1) is 15.3. The molecule has 2 aromatic heterocycles. The second-order valence-corrected chi connectivity index (χ2v) is 7.91. The van der Waals surface area contributed by atoms with Crippen LogP contribution in [0.3, 0.4) is 0 Å². The molecule has 4 aromatic rings. The van der Waals surface area contributed by atoms with Gasteiger partial charge in [-0.3, -0.25) is 4.90 Å². The van der Waals surface area contributed by atoms with E-state index in [1.54, 1.807) is 0 Å². The van der Waals surface area contributed by atoms with Crippen molar-refractivity contribution in [3.8, 4) is 22.9 Å². The van der Waals surface area contributed by atoms with Crippen LogP contribution in [0.15, 0.2) is 77.3 Å². The Balaban J connectivity index is 1.31. The number of pyridine rings is 1. The largest absolute Gasteiger partial charge is 0.416 e. The lowest BCUT2D eigenvalue weighted by molar-refractivity contribution is 0.249. The Morgan fingerprint density at radius 3 is 2.19 bits per heavy atom. The zero-order valence-electron chi connectivity index (χ0n) is 17.0. The molecule has 0 amide bonds. The van der Waals surface area contributed by atoms with Crippen molar-refractivity contribution in [2.24, 2.45) is 0 Å². The van der Waals surface area contributed by atoms with Crippen LogP contribution >= 0.6 is 11.6 Å². The van der Waals surface area contributed by atoms with E-state index in [9.17, 15) is 0 Å². The van der Waals surface area contributed by atoms with Gasteiger partial charge in [-0.1, -0.05) is 48.0 Å². The Morgan fingerprint density at radius 1 is 0.774 bits per heavy atom. The molecule has 5 rings (SSSR count). The van der Waals surface area contributed by atoms with E-state index in [1.807, 2.05) is 60.8 Å². The first-order valence-electron chi connectivity index (χ1n) is 10.3. The normalized spacial score (nSPS) is 14.7. The van der Waals surface area contributed by atoms with Crippen LogP contribution < -0.4 is 4.90 Å². The summed E-state index contributed by atoms with van der Waals surface area (Å²) in [6.45, 7) is 4.68. The third kappa shape index (κ3) is 4.31. The quantitative estimate of drug-likeness (QED) is 0.453. The van der Waals surface area contributed by atoms with Gasteiger partial charge >= 0.3 is 0 Å². The summed E-state index contributed by atoms with van der Waals surface area (Å²) in [5.41, 5.74) is 2.87. The average molecular weight is 432 g/mol. The molecule has 0 spiro atoms. The number of hydrogen-bond acceptors (Lipinski definition) is 6. The summed E-state index contributed by atoms with van der Waals surface area (Å²) in [4.78, 5) is 9.25. The minimum Gasteiger partial charge on any atom is -0.416 e. The summed E-state index contributed by atoms with van der Waals surface area (Å²) in [7, 11) is 0. The highest BCUT2D eigenvalue weighted by atomic mass is 35.5. The lowest BCUT2D eigenvalue weighted by Crippen LogP contribution is -2.46. The second kappa shape index (κ2) is 8.88. The topological polar surface area (TPSA) is 58.3 Å². The maximum absolute atomic E-state index is 6.29. The molecule has 1 aliphatic rings. The van der Waals surface area contributed by atoms with Crippen molar-refractivity contribution in [3.05, 3.63) is 83.5 Å². The van der Waals surface area contributed by atoms with Gasteiger partial charge in [0, 0.05) is 44.5 Å². The smallest absolute Gasteiger partial charge is 0.249 e. The number of rotatable bonds is 5. The fraction of sp³-hybridized carbons (Fsp3) is 0.208. The number of piperazine rings is 1. The zero-order chi connectivity index (χ0) is 21.0. The molecule has 31 heavy (non-hydrogen) atoms. The number of aromatic nitrogens is 3. The van der Waals surface area contributed by atoms with Gasteiger partial charge in [-0.25, -0.2) is 4.98 Å². The predicted molar refractivity (Wildman–Crippen MR) is 122 cm³/mol. The van der Waals surface area contributed by atoms with E-state index in [4.69, 9.17) is 16.0 Å². The van der Waals surface area contributed by atoms with Crippen molar-refractivity contribution < 1.29 is 4.42 Å². The molecule has 156 valence electrons. The minimum atomic E-state index is 0.430. The SMILES string of the molecule is Clc1ccccc1-c1nnc(-c2ccccc2CN2CCN(c3ccccn3)CC2)o1. The van der Waals surface area contributed by atoms with Crippen molar-refractivity contribution in [1.29, 1.82) is 0 Å². The number of anilines is 1. The maximum atomic E-state index is 6.29. The van der Waals surface area contributed by atoms with Crippen LogP contribution in [0.1, 0.15) is 5.56 Å². The highest BCUT2D eigenvalue weighted by Crippen LogP contribution is 2.30. The molecule has 0 N–H and O–H groups in total. The predicted octanol–water partition coefficient (Wildman–Crippen LogP) is 4.77. The Morgan fingerprint density at radius 2 is 1.45 bits per heavy atom. The van der Waals surface area contributed by atoms with Gasteiger partial charge in [-0.15, -0.1) is 10.2 Å². The summed E-state index contributed by atoms with van der Waals surface area (Å²) < 4.78 is 6.00. The lowest BCUT2D eigenvalue weighted by atomic mass is 10.1. The standard InChI is InChI=1S/C24H22ClN5O/c25-21-10-4-3-9-20(21)24-28-27-23(31-24)19-8-2-1-7-18(19)17-29-13-15-30(16-14-29)22-11-5-6-12-26-22/h1-12H,13-17H2. The Labute approximate surface area is 186 Å². The van der Waals surface area contributed by atoms with Gasteiger partial charge in [-0.2, -0.15) is 0 Å². The van der Waals surface area contributed by atoms with Crippen molar-refractivity contribution in [3.63, 3.8) is 0 Å². The fourth-order valence-electron chi connectivity index (χ4n) is 3.86. The molecular weight excluding hydrogens is 410 g/mol. The molecule has 0 aliphatic carbocycles. The molecule has 6 nitrogen and oxygen atoms in total. The van der Waals surface area contributed by atoms with Gasteiger partial charge in [0.2, 0.25) is 11.8 Å². The fourth-order valence-corrected chi connectivity index (χ4v) is 4.08. The number of nitrogens with zero attached hydrogens (tertiary/aromatic N) is 5. The molecule has 3 heterocycles. The number of halogens is 1. The van der Waals surface area contributed by atoms with E-state index in [0.29, 0.717) is 16.8 Å². The molecule has 1 saturated heterocycles. The molecule has 0 unspecified atom stereocenters. The first kappa shape index (κ1) is 19.7. The molecule has 2 aromatic carbocycles. The number of hydrogen-bond donors (Lipinski definition) is 0. The molecule has 0 bridgehead atoms. The molecule has 1 aliphatic heterocycles. The van der Waals surface area contributed by atoms with E-state index >= 15 is 0 Å². The van der Waals surface area contributed by atoms with Crippen LogP contribution in [-0.4, -0.2) is 46.3 Å². The summed E-state index contributed by atoms with van der Waals surface area (Å²) in [6.07, 6.45) is 1.85. The third-order valence-electron chi connectivity index (χ3n) is 5.52. The molecule has 0 atom stereocenters. The van der Waals surface area contributed by atoms with E-state index in [0.717, 1.165) is 49.7 Å². The molecule has 0 radical (unpaired) electrons. The van der Waals surface area contributed by atoms with E-state index < -0.39 is 0 Å². The van der Waals surface area contributed by atoms with Crippen molar-refractivity contribution in [2.75, 3.05) is 31.1 Å². The maximum Gasteiger partial charge on any atom is 0.249 e. The van der Waals surface area contributed by atoms with Gasteiger partial charge in [0.25, 0.3) is 0 Å². The minimum absolute atomic E-state index is 0.430. The van der Waals surface area contributed by atoms with Gasteiger partial charge in [-0.05, 0) is 35.9 Å². The molecule has 7 heteroatoms. The zero-order valence-corrected chi connectivity index (χ0v) is 17.7. The van der Waals surface area contributed by atoms with Crippen LogP contribution in [0.25, 0.3) is 22.9 Å². The van der Waals surface area contributed by atoms with Crippen molar-refractivity contribution >= 4 is 17.4 Å². The second-order valence-electron chi connectivity index (χ2n) is 7.50. The molecule has 1 fully saturated rings. The van der Waals surface area contributed by atoms with Crippen LogP contribution in [0.4, 0.5) is 5.82 Å². The Hall–Kier alpha value is -3.22. The van der Waals surface area contributed by atoms with E-state index in [-0.39, 0.29) is 0 Å². The van der Waals surface area contributed by atoms with Crippen LogP contribution in [-0.2, 0) is 6.54 Å². The molecule has 0 saturated carbocycles. The van der Waals surface area contributed by atoms with Crippen LogP contribution in [0.2, 0.25) is 5.02 Å². The van der Waals surface area contributed by atoms with Gasteiger partial charge < -0.3 is 9.32 Å². The highest BCUT2D eigenvalue weighted by Gasteiger charge is 2.20. The highest BCUT2D eigenvalue weighted by molar-refractivity contribution is 6.33. The van der Waals surface area contributed by atoms with Crippen LogP contribution in [0.5, 0.6) is 0 Å². The summed E-state index contributed by atoms with van der Waals surface area (Å²) in [5, 5.41) is 9.12. The van der Waals surface area contributed by atoms with Gasteiger partial charge in [0.1, 0.15) is 5.82 Å². The summed E-state index contributed by atoms with van der Waals surface area (Å²) >= 11 is 6.29. The summed E-state index contributed by atoms with van der Waals surface area (Å²) in [6, 6.07) is 21.7. The van der Waals surface area contributed by atoms with E-state index in [1.165, 1.54) is 5.56 Å². The Bertz CT molecular complexity index is 1160. The van der Waals surface area contributed by atoms with E-state index in [2.05, 4.69) is 37.1 Å². The monoisotopic (exact) mass is 431 g/mol. The van der Waals surface area contributed by atoms with Gasteiger partial charge in [0.15, 0.2) is 0 Å². The van der Waals surface area contributed by atoms with Crippen molar-refractivity contribution in [2.45, 2.75) is 6.54 Å². The average Bonchev–Trinajstić information content (AvgIpc) is 3.31. The first-order valence-corrected chi connectivity index (χ1v) is 10.7. The summed E-state index contributed by atoms with van der Waals surface area (Å²) in [5.74, 6) is 1.98. The lowest BCUT2D eigenvalue weighted by Gasteiger charge is -2.35.